The Morgan fingerprint density at radius 1 is 1.10 bits per heavy atom. The molecule has 4 aliphatic rings. The minimum atomic E-state index is -0.118. The van der Waals surface area contributed by atoms with Crippen molar-refractivity contribution in [3.05, 3.63) is 101 Å². The van der Waals surface area contributed by atoms with Crippen molar-refractivity contribution in [3.63, 3.8) is 0 Å². The third kappa shape index (κ3) is 4.90. The van der Waals surface area contributed by atoms with Crippen molar-refractivity contribution >= 4 is 29.6 Å². The van der Waals surface area contributed by atoms with Gasteiger partial charge in [0.25, 0.3) is 5.91 Å². The highest BCUT2D eigenvalue weighted by Crippen LogP contribution is 2.38. The van der Waals surface area contributed by atoms with Crippen molar-refractivity contribution < 1.29 is 4.79 Å². The fraction of sp³-hybridized carbons (Fsp3) is 0.219. The average molecular weight is 541 g/mol. The van der Waals surface area contributed by atoms with Gasteiger partial charge in [0.05, 0.1) is 35.6 Å². The molecule has 3 saturated heterocycles. The molecule has 41 heavy (non-hydrogen) atoms. The minimum Gasteiger partial charge on any atom is -0.352 e. The molecule has 0 spiro atoms. The van der Waals surface area contributed by atoms with Crippen molar-refractivity contribution in [1.29, 1.82) is 5.26 Å². The lowest BCUT2D eigenvalue weighted by atomic mass is 9.87. The Labute approximate surface area is 239 Å². The van der Waals surface area contributed by atoms with Crippen LogP contribution in [-0.4, -0.2) is 62.5 Å². The van der Waals surface area contributed by atoms with Crippen molar-refractivity contribution in [2.45, 2.75) is 25.4 Å². The third-order valence-electron chi connectivity index (χ3n) is 7.66. The first kappa shape index (κ1) is 25.8. The van der Waals surface area contributed by atoms with Crippen LogP contribution in [0.15, 0.2) is 89.7 Å². The number of amides is 1. The smallest absolute Gasteiger partial charge is 0.299 e. The molecule has 0 radical (unpaired) electrons. The first-order valence-corrected chi connectivity index (χ1v) is 13.4. The summed E-state index contributed by atoms with van der Waals surface area (Å²) in [7, 11) is 1.87. The molecule has 9 nitrogen and oxygen atoms in total. The number of aryl methyl sites for hydroxylation is 1. The monoisotopic (exact) mass is 540 g/mol. The summed E-state index contributed by atoms with van der Waals surface area (Å²) >= 11 is 0. The number of anilines is 1. The average Bonchev–Trinajstić information content (AvgIpc) is 3.45. The summed E-state index contributed by atoms with van der Waals surface area (Å²) in [6.07, 6.45) is 10.4. The number of hydrogen-bond donors (Lipinski definition) is 0. The number of pyridine rings is 1. The van der Waals surface area contributed by atoms with Gasteiger partial charge in [0, 0.05) is 79.2 Å². The fourth-order valence-corrected chi connectivity index (χ4v) is 5.64. The zero-order valence-corrected chi connectivity index (χ0v) is 22.9. The number of aromatic nitrogens is 3. The number of rotatable bonds is 4. The predicted octanol–water partition coefficient (Wildman–Crippen LogP) is 3.81. The molecule has 2 unspecified atom stereocenters. The molecule has 2 atom stereocenters. The lowest BCUT2D eigenvalue weighted by Gasteiger charge is -2.55. The van der Waals surface area contributed by atoms with Gasteiger partial charge in [-0.2, -0.15) is 15.5 Å². The second kappa shape index (κ2) is 10.6. The molecule has 202 valence electrons. The Hall–Kier alpha value is -5.41. The Morgan fingerprint density at radius 2 is 1.88 bits per heavy atom. The molecule has 1 aromatic carbocycles. The molecule has 2 bridgehead atoms. The van der Waals surface area contributed by atoms with Crippen LogP contribution in [0.1, 0.15) is 30.0 Å². The number of carbonyl (C=O) groups is 1. The molecular weight excluding hydrogens is 512 g/mol. The van der Waals surface area contributed by atoms with E-state index in [-0.39, 0.29) is 18.0 Å². The summed E-state index contributed by atoms with van der Waals surface area (Å²) in [6, 6.07) is 16.1. The zero-order chi connectivity index (χ0) is 28.5. The molecule has 7 rings (SSSR count). The summed E-state index contributed by atoms with van der Waals surface area (Å²) in [4.78, 5) is 21.8. The second-order valence-electron chi connectivity index (χ2n) is 10.3. The van der Waals surface area contributed by atoms with Crippen molar-refractivity contribution in [1.82, 2.24) is 24.7 Å². The van der Waals surface area contributed by atoms with E-state index in [1.165, 1.54) is 0 Å². The maximum atomic E-state index is 12.8. The quantitative estimate of drug-likeness (QED) is 0.284. The predicted molar refractivity (Wildman–Crippen MR) is 158 cm³/mol. The van der Waals surface area contributed by atoms with Crippen LogP contribution < -0.4 is 4.90 Å². The van der Waals surface area contributed by atoms with Crippen LogP contribution in [-0.2, 0) is 11.8 Å². The molecule has 0 saturated carbocycles. The lowest BCUT2D eigenvalue weighted by molar-refractivity contribution is -0.139. The second-order valence-corrected chi connectivity index (χ2v) is 10.3. The van der Waals surface area contributed by atoms with Crippen molar-refractivity contribution in [2.75, 3.05) is 18.0 Å². The maximum absolute atomic E-state index is 12.8. The van der Waals surface area contributed by atoms with E-state index < -0.39 is 0 Å². The SMILES string of the molecule is C=NN1C=C(c2cnn(C)c2)C=C(c2ccc(N3CC4CC(C3)N4C(=O)C#Cc3ccccc3)nc2)/C1=C(/C)C#N. The third-order valence-corrected chi connectivity index (χ3v) is 7.66. The molecular formula is C32H28N8O. The summed E-state index contributed by atoms with van der Waals surface area (Å²) in [5.74, 6) is 6.53. The Kier molecular flexibility index (Phi) is 6.70. The Balaban J connectivity index is 1.22. The molecule has 3 fully saturated rings. The Morgan fingerprint density at radius 3 is 2.51 bits per heavy atom. The van der Waals surface area contributed by atoms with Crippen molar-refractivity contribution in [3.8, 4) is 17.9 Å². The standard InChI is InChI=1S/C32H28N8O/c1-22(15-33)32-29(13-25(19-39(32)34-2)26-17-36-37(3)18-26)24-10-11-30(35-16-24)38-20-27-14-28(21-38)40(27)31(41)12-9-23-7-5-4-6-8-23/h4-8,10-11,13,16-19,27-28H,2,14,20-21H2,1,3H3/b32-22+. The summed E-state index contributed by atoms with van der Waals surface area (Å²) < 4.78 is 1.74. The number of piperidine rings is 1. The molecule has 9 heteroatoms. The molecule has 0 N–H and O–H groups in total. The summed E-state index contributed by atoms with van der Waals surface area (Å²) in [6.45, 7) is 6.92. The number of hydrogen-bond acceptors (Lipinski definition) is 7. The van der Waals surface area contributed by atoms with E-state index in [1.807, 2.05) is 79.1 Å². The first-order chi connectivity index (χ1) is 19.9. The van der Waals surface area contributed by atoms with Gasteiger partial charge in [0.1, 0.15) is 5.82 Å². The van der Waals surface area contributed by atoms with Gasteiger partial charge in [-0.25, -0.2) is 9.99 Å². The highest BCUT2D eigenvalue weighted by atomic mass is 16.2. The number of nitriles is 1. The largest absolute Gasteiger partial charge is 0.352 e. The number of carbonyl (C=O) groups excluding carboxylic acids is 1. The van der Waals surface area contributed by atoms with Crippen LogP contribution in [0.5, 0.6) is 0 Å². The molecule has 6 heterocycles. The van der Waals surface area contributed by atoms with Gasteiger partial charge in [-0.15, -0.1) is 0 Å². The molecule has 3 aromatic rings. The first-order valence-electron chi connectivity index (χ1n) is 13.4. The van der Waals surface area contributed by atoms with Crippen LogP contribution in [0, 0.1) is 23.2 Å². The van der Waals surface area contributed by atoms with Crippen LogP contribution in [0.4, 0.5) is 5.82 Å². The van der Waals surface area contributed by atoms with Crippen LogP contribution in [0.2, 0.25) is 0 Å². The highest BCUT2D eigenvalue weighted by Gasteiger charge is 2.47. The van der Waals surface area contributed by atoms with Crippen LogP contribution in [0.25, 0.3) is 11.1 Å². The minimum absolute atomic E-state index is 0.118. The van der Waals surface area contributed by atoms with Crippen molar-refractivity contribution in [2.24, 2.45) is 12.1 Å². The maximum Gasteiger partial charge on any atom is 0.299 e. The Bertz CT molecular complexity index is 1700. The van der Waals surface area contributed by atoms with E-state index in [2.05, 4.69) is 39.7 Å². The number of piperazine rings is 1. The van der Waals surface area contributed by atoms with Gasteiger partial charge in [0.2, 0.25) is 0 Å². The lowest BCUT2D eigenvalue weighted by Crippen LogP contribution is -2.70. The fourth-order valence-electron chi connectivity index (χ4n) is 5.64. The number of hydrazone groups is 1. The molecule has 0 aliphatic carbocycles. The van der Waals surface area contributed by atoms with Crippen LogP contribution >= 0.6 is 0 Å². The van der Waals surface area contributed by atoms with E-state index >= 15 is 0 Å². The van der Waals surface area contributed by atoms with Gasteiger partial charge in [-0.05, 0) is 43.7 Å². The normalized spacial score (nSPS) is 20.6. The highest BCUT2D eigenvalue weighted by molar-refractivity contribution is 5.95. The molecule has 4 aliphatic heterocycles. The summed E-state index contributed by atoms with van der Waals surface area (Å²) in [5, 5.41) is 19.8. The molecule has 2 aromatic heterocycles. The van der Waals surface area contributed by atoms with E-state index in [1.54, 1.807) is 22.8 Å². The van der Waals surface area contributed by atoms with Gasteiger partial charge in [0.15, 0.2) is 0 Å². The number of fused-ring (bicyclic) bond motifs is 2. The van der Waals surface area contributed by atoms with Gasteiger partial charge in [-0.3, -0.25) is 9.48 Å². The van der Waals surface area contributed by atoms with Gasteiger partial charge >= 0.3 is 0 Å². The molecule has 1 amide bonds. The number of nitrogens with zero attached hydrogens (tertiary/aromatic N) is 8. The van der Waals surface area contributed by atoms with Crippen LogP contribution in [0.3, 0.4) is 0 Å². The van der Waals surface area contributed by atoms with E-state index in [4.69, 9.17) is 4.98 Å². The van der Waals surface area contributed by atoms with E-state index in [9.17, 15) is 10.1 Å². The van der Waals surface area contributed by atoms with E-state index in [0.717, 1.165) is 40.1 Å². The van der Waals surface area contributed by atoms with Gasteiger partial charge < -0.3 is 9.80 Å². The van der Waals surface area contributed by atoms with E-state index in [0.29, 0.717) is 24.4 Å². The van der Waals surface area contributed by atoms with Gasteiger partial charge in [-0.1, -0.05) is 24.1 Å². The number of benzene rings is 1. The number of allylic oxidation sites excluding steroid dienone is 4. The zero-order valence-electron chi connectivity index (χ0n) is 22.9. The summed E-state index contributed by atoms with van der Waals surface area (Å²) in [5.41, 5.74) is 5.53. The topological polar surface area (TPSA) is 93.7 Å².